The molecule has 4 saturated heterocycles. The second-order valence-corrected chi connectivity index (χ2v) is 12.7. The lowest BCUT2D eigenvalue weighted by atomic mass is 9.94. The van der Waals surface area contributed by atoms with Crippen molar-refractivity contribution < 1.29 is 26.7 Å². The molecule has 0 amide bonds. The van der Waals surface area contributed by atoms with Crippen LogP contribution in [0.2, 0.25) is 0 Å². The van der Waals surface area contributed by atoms with E-state index in [0.29, 0.717) is 43.3 Å². The van der Waals surface area contributed by atoms with Gasteiger partial charge in [-0.15, -0.1) is 6.42 Å². The number of fused-ring (bicyclic) bond motifs is 5. The molecule has 2 aromatic heterocycles. The summed E-state index contributed by atoms with van der Waals surface area (Å²) in [5, 5.41) is 4.00. The number of halogens is 5. The fourth-order valence-electron chi connectivity index (χ4n) is 7.89. The molecule has 4 aromatic rings. The van der Waals surface area contributed by atoms with E-state index in [1.54, 1.807) is 0 Å². The van der Waals surface area contributed by atoms with Gasteiger partial charge in [-0.05, 0) is 38.6 Å². The van der Waals surface area contributed by atoms with Gasteiger partial charge in [0.15, 0.2) is 5.82 Å². The Balaban J connectivity index is 1.26. The molecule has 12 heteroatoms. The Hall–Kier alpha value is -4.34. The van der Waals surface area contributed by atoms with Crippen molar-refractivity contribution in [2.75, 3.05) is 37.7 Å². The number of benzene rings is 2. The summed E-state index contributed by atoms with van der Waals surface area (Å²) >= 11 is 0. The van der Waals surface area contributed by atoms with Gasteiger partial charge < -0.3 is 15.0 Å². The minimum absolute atomic E-state index is 0.0308. The maximum Gasteiger partial charge on any atom is 0.319 e. The van der Waals surface area contributed by atoms with E-state index in [4.69, 9.17) is 16.1 Å². The van der Waals surface area contributed by atoms with Crippen LogP contribution in [0, 0.1) is 29.8 Å². The third-order valence-electron chi connectivity index (χ3n) is 10.0. The summed E-state index contributed by atoms with van der Waals surface area (Å²) in [6.45, 7) is 2.22. The first-order valence-electron chi connectivity index (χ1n) is 15.4. The van der Waals surface area contributed by atoms with Crippen LogP contribution in [0.3, 0.4) is 0 Å². The van der Waals surface area contributed by atoms with Gasteiger partial charge in [-0.25, -0.2) is 13.2 Å². The molecular weight excluding hydrogens is 603 g/mol. The molecule has 7 nitrogen and oxygen atoms in total. The van der Waals surface area contributed by atoms with E-state index in [1.165, 1.54) is 24.4 Å². The number of terminal acetylenes is 1. The molecule has 4 fully saturated rings. The molecule has 236 valence electrons. The maximum absolute atomic E-state index is 16.7. The van der Waals surface area contributed by atoms with Crippen LogP contribution in [-0.4, -0.2) is 70.3 Å². The van der Waals surface area contributed by atoms with Gasteiger partial charge >= 0.3 is 6.01 Å². The zero-order valence-electron chi connectivity index (χ0n) is 24.7. The van der Waals surface area contributed by atoms with Gasteiger partial charge in [-0.2, -0.15) is 18.7 Å². The van der Waals surface area contributed by atoms with Crippen LogP contribution in [0.5, 0.6) is 6.01 Å². The average molecular weight is 633 g/mol. The molecule has 1 unspecified atom stereocenters. The first-order chi connectivity index (χ1) is 22.2. The lowest BCUT2D eigenvalue weighted by Crippen LogP contribution is -2.51. The van der Waals surface area contributed by atoms with Crippen molar-refractivity contribution in [3.05, 3.63) is 65.1 Å². The molecule has 0 radical (unpaired) electrons. The highest BCUT2D eigenvalue weighted by atomic mass is 19.3. The van der Waals surface area contributed by atoms with Gasteiger partial charge in [0, 0.05) is 65.9 Å². The molecule has 8 rings (SSSR count). The van der Waals surface area contributed by atoms with Crippen molar-refractivity contribution in [3.8, 4) is 29.6 Å². The third-order valence-corrected chi connectivity index (χ3v) is 10.0. The molecule has 0 aliphatic carbocycles. The summed E-state index contributed by atoms with van der Waals surface area (Å²) in [7, 11) is 0. The van der Waals surface area contributed by atoms with Crippen molar-refractivity contribution in [2.24, 2.45) is 0 Å². The van der Waals surface area contributed by atoms with E-state index in [2.05, 4.69) is 26.1 Å². The second-order valence-electron chi connectivity index (χ2n) is 12.7. The summed E-state index contributed by atoms with van der Waals surface area (Å²) in [5.41, 5.74) is -0.849. The minimum atomic E-state index is -1.66. The van der Waals surface area contributed by atoms with E-state index in [-0.39, 0.29) is 76.3 Å². The molecule has 4 aliphatic heterocycles. The van der Waals surface area contributed by atoms with Crippen LogP contribution < -0.4 is 15.0 Å². The lowest BCUT2D eigenvalue weighted by Gasteiger charge is -2.34. The molecule has 2 aromatic carbocycles. The molecule has 0 spiro atoms. The second kappa shape index (κ2) is 10.9. The van der Waals surface area contributed by atoms with Crippen molar-refractivity contribution >= 4 is 27.5 Å². The monoisotopic (exact) mass is 632 g/mol. The van der Waals surface area contributed by atoms with Crippen molar-refractivity contribution in [2.45, 2.75) is 49.7 Å². The fourth-order valence-corrected chi connectivity index (χ4v) is 7.89. The average Bonchev–Trinajstić information content (AvgIpc) is 3.71. The Labute approximate surface area is 261 Å². The van der Waals surface area contributed by atoms with E-state index in [0.717, 1.165) is 19.3 Å². The molecule has 2 bridgehead atoms. The molecule has 3 atom stereocenters. The van der Waals surface area contributed by atoms with Crippen molar-refractivity contribution in [1.29, 1.82) is 0 Å². The number of hydrogen-bond acceptors (Lipinski definition) is 7. The van der Waals surface area contributed by atoms with Crippen LogP contribution in [0.1, 0.15) is 37.7 Å². The number of hydrogen-bond donors (Lipinski definition) is 1. The van der Waals surface area contributed by atoms with Crippen LogP contribution in [0.25, 0.3) is 32.9 Å². The molecule has 6 heterocycles. The Morgan fingerprint density at radius 3 is 2.65 bits per heavy atom. The molecular formula is C34H29F5N6O. The largest absolute Gasteiger partial charge is 0.461 e. The van der Waals surface area contributed by atoms with Crippen molar-refractivity contribution in [3.63, 3.8) is 0 Å². The Morgan fingerprint density at radius 1 is 1.09 bits per heavy atom. The highest BCUT2D eigenvalue weighted by Gasteiger charge is 2.48. The number of nitrogens with zero attached hydrogens (tertiary/aromatic N) is 5. The smallest absolute Gasteiger partial charge is 0.319 e. The Bertz CT molecular complexity index is 1980. The zero-order chi connectivity index (χ0) is 31.7. The SMILES string of the molecule is C#Cc1c(F)cc(F)c2cccc(-c3ncc4c(N5C[C@H]6CC[C@@H](C5)N6)nc(OCC56CCCN5CC(=C(F)F)C6)nc4c3F)c12. The van der Waals surface area contributed by atoms with E-state index in [1.807, 2.05) is 4.90 Å². The standard InChI is InChI=1S/C34H29F5N6O/c1-2-21-25(35)11-26(36)22-5-3-6-23(27(21)22)29-28(37)30-24(13-40-29)32(44-15-19-7-8-20(16-44)41-19)43-33(42-30)46-17-34-9-4-10-45(34)14-18(12-34)31(38)39/h1,3,5-6,11,13,19-20,41H,4,7-10,12,14-17H2/t19-,20+,34?. The minimum Gasteiger partial charge on any atom is -0.461 e. The fraction of sp³-hybridized carbons (Fsp3) is 0.382. The highest BCUT2D eigenvalue weighted by molar-refractivity contribution is 6.02. The van der Waals surface area contributed by atoms with E-state index in [9.17, 15) is 17.6 Å². The first kappa shape index (κ1) is 29.1. The normalized spacial score (nSPS) is 24.2. The molecule has 0 saturated carbocycles. The Kier molecular flexibility index (Phi) is 6.88. The number of rotatable bonds is 5. The van der Waals surface area contributed by atoms with Crippen LogP contribution in [0.4, 0.5) is 27.8 Å². The molecule has 1 N–H and O–H groups in total. The van der Waals surface area contributed by atoms with Gasteiger partial charge in [0.25, 0.3) is 6.08 Å². The van der Waals surface area contributed by atoms with Crippen molar-refractivity contribution in [1.82, 2.24) is 25.2 Å². The number of pyridine rings is 1. The first-order valence-corrected chi connectivity index (χ1v) is 15.4. The quantitative estimate of drug-likeness (QED) is 0.216. The van der Waals surface area contributed by atoms with Gasteiger partial charge in [0.1, 0.15) is 35.3 Å². The third kappa shape index (κ3) is 4.59. The summed E-state index contributed by atoms with van der Waals surface area (Å²) < 4.78 is 79.7. The summed E-state index contributed by atoms with van der Waals surface area (Å²) in [5.74, 6) is 0.138. The zero-order valence-corrected chi connectivity index (χ0v) is 24.7. The molecule has 46 heavy (non-hydrogen) atoms. The number of nitrogens with one attached hydrogen (secondary N) is 1. The summed E-state index contributed by atoms with van der Waals surface area (Å²) in [6.07, 6.45) is 9.17. The van der Waals surface area contributed by atoms with Crippen LogP contribution in [-0.2, 0) is 0 Å². The number of ether oxygens (including phenoxy) is 1. The highest BCUT2D eigenvalue weighted by Crippen LogP contribution is 2.43. The van der Waals surface area contributed by atoms with Crippen LogP contribution >= 0.6 is 0 Å². The maximum atomic E-state index is 16.7. The molecule has 4 aliphatic rings. The number of piperazine rings is 1. The summed E-state index contributed by atoms with van der Waals surface area (Å²) in [6, 6.07) is 5.61. The number of anilines is 1. The van der Waals surface area contributed by atoms with Gasteiger partial charge in [0.2, 0.25) is 0 Å². The predicted molar refractivity (Wildman–Crippen MR) is 163 cm³/mol. The lowest BCUT2D eigenvalue weighted by molar-refractivity contribution is 0.108. The Morgan fingerprint density at radius 2 is 1.89 bits per heavy atom. The van der Waals surface area contributed by atoms with E-state index >= 15 is 4.39 Å². The number of aromatic nitrogens is 3. The topological polar surface area (TPSA) is 66.4 Å². The van der Waals surface area contributed by atoms with Gasteiger partial charge in [0.05, 0.1) is 16.5 Å². The predicted octanol–water partition coefficient (Wildman–Crippen LogP) is 5.95. The van der Waals surface area contributed by atoms with Gasteiger partial charge in [-0.3, -0.25) is 9.88 Å². The summed E-state index contributed by atoms with van der Waals surface area (Å²) in [4.78, 5) is 17.8. The van der Waals surface area contributed by atoms with Gasteiger partial charge in [-0.1, -0.05) is 24.1 Å². The van der Waals surface area contributed by atoms with E-state index < -0.39 is 29.1 Å². The van der Waals surface area contributed by atoms with Crippen LogP contribution in [0.15, 0.2) is 42.1 Å².